The highest BCUT2D eigenvalue weighted by Gasteiger charge is 2.25. The van der Waals surface area contributed by atoms with E-state index in [0.29, 0.717) is 17.0 Å². The molecule has 140 valence electrons. The normalized spacial score (nSPS) is 16.7. The highest BCUT2D eigenvalue weighted by atomic mass is 32.1. The number of aryl methyl sites for hydroxylation is 1. The van der Waals surface area contributed by atoms with Gasteiger partial charge in [0, 0.05) is 24.2 Å². The van der Waals surface area contributed by atoms with E-state index in [2.05, 4.69) is 4.98 Å². The molecule has 2 aromatic heterocycles. The van der Waals surface area contributed by atoms with Crippen LogP contribution in [0.4, 0.5) is 0 Å². The van der Waals surface area contributed by atoms with Crippen molar-refractivity contribution in [2.24, 2.45) is 0 Å². The lowest BCUT2D eigenvalue weighted by molar-refractivity contribution is 0.0510. The highest BCUT2D eigenvalue weighted by molar-refractivity contribution is 7.12. The summed E-state index contributed by atoms with van der Waals surface area (Å²) in [6.07, 6.45) is 2.00. The van der Waals surface area contributed by atoms with Crippen LogP contribution < -0.4 is 5.56 Å². The number of hydrogen-bond donors (Lipinski definition) is 1. The number of nitrogens with one attached hydrogen (secondary N) is 1. The van der Waals surface area contributed by atoms with Crippen LogP contribution in [0.5, 0.6) is 0 Å². The monoisotopic (exact) mass is 382 g/mol. The fraction of sp³-hybridized carbons (Fsp3) is 0.333. The molecule has 1 aromatic carbocycles. The van der Waals surface area contributed by atoms with Gasteiger partial charge in [-0.1, -0.05) is 17.7 Å². The minimum absolute atomic E-state index is 0.0377. The first-order chi connectivity index (χ1) is 13.1. The predicted molar refractivity (Wildman–Crippen MR) is 107 cm³/mol. The van der Waals surface area contributed by atoms with Crippen molar-refractivity contribution < 1.29 is 9.53 Å². The first-order valence-corrected chi connectivity index (χ1v) is 10.0. The number of rotatable bonds is 5. The van der Waals surface area contributed by atoms with Crippen LogP contribution in [0.1, 0.15) is 33.6 Å². The summed E-state index contributed by atoms with van der Waals surface area (Å²) in [5, 5.41) is 2.87. The molecule has 4 rings (SSSR count). The molecule has 3 aromatic rings. The van der Waals surface area contributed by atoms with E-state index in [1.54, 1.807) is 4.90 Å². The van der Waals surface area contributed by atoms with Crippen molar-refractivity contribution in [1.29, 1.82) is 0 Å². The first kappa shape index (κ1) is 17.9. The fourth-order valence-corrected chi connectivity index (χ4v) is 4.19. The van der Waals surface area contributed by atoms with E-state index in [1.807, 2.05) is 48.7 Å². The van der Waals surface area contributed by atoms with Crippen molar-refractivity contribution in [3.63, 3.8) is 0 Å². The molecule has 0 saturated carbocycles. The van der Waals surface area contributed by atoms with Gasteiger partial charge in [0.1, 0.15) is 0 Å². The van der Waals surface area contributed by atoms with E-state index >= 15 is 0 Å². The maximum Gasteiger partial charge on any atom is 0.264 e. The van der Waals surface area contributed by atoms with E-state index in [0.717, 1.165) is 35.9 Å². The summed E-state index contributed by atoms with van der Waals surface area (Å²) in [7, 11) is 0. The van der Waals surface area contributed by atoms with Gasteiger partial charge in [-0.25, -0.2) is 0 Å². The second kappa shape index (κ2) is 7.66. The van der Waals surface area contributed by atoms with Gasteiger partial charge in [-0.3, -0.25) is 9.59 Å². The SMILES string of the molecule is Cc1ccc2[nH]c(=O)c(CN(C[C@H]3CCCO3)C(=O)c3cccs3)cc2c1. The number of nitrogens with zero attached hydrogens (tertiary/aromatic N) is 1. The summed E-state index contributed by atoms with van der Waals surface area (Å²) in [4.78, 5) is 30.9. The second-order valence-corrected chi connectivity index (χ2v) is 7.96. The van der Waals surface area contributed by atoms with Crippen molar-refractivity contribution in [2.45, 2.75) is 32.4 Å². The van der Waals surface area contributed by atoms with Crippen molar-refractivity contribution in [3.8, 4) is 0 Å². The topological polar surface area (TPSA) is 62.4 Å². The van der Waals surface area contributed by atoms with Gasteiger partial charge in [-0.05, 0) is 54.8 Å². The van der Waals surface area contributed by atoms with E-state index in [1.165, 1.54) is 11.3 Å². The summed E-state index contributed by atoms with van der Waals surface area (Å²) < 4.78 is 5.73. The number of thiophene rings is 1. The average Bonchev–Trinajstić information content (AvgIpc) is 3.35. The molecule has 0 radical (unpaired) electrons. The second-order valence-electron chi connectivity index (χ2n) is 7.01. The van der Waals surface area contributed by atoms with Crippen LogP contribution in [0.2, 0.25) is 0 Å². The molecule has 1 fully saturated rings. The number of pyridine rings is 1. The minimum Gasteiger partial charge on any atom is -0.376 e. The van der Waals surface area contributed by atoms with Gasteiger partial charge in [-0.15, -0.1) is 11.3 Å². The number of benzene rings is 1. The van der Waals surface area contributed by atoms with Crippen molar-refractivity contribution >= 4 is 28.1 Å². The molecule has 0 spiro atoms. The third-order valence-corrected chi connectivity index (χ3v) is 5.76. The largest absolute Gasteiger partial charge is 0.376 e. The molecular formula is C21H22N2O3S. The van der Waals surface area contributed by atoms with Crippen LogP contribution in [-0.2, 0) is 11.3 Å². The van der Waals surface area contributed by atoms with Gasteiger partial charge in [0.2, 0.25) is 0 Å². The van der Waals surface area contributed by atoms with Gasteiger partial charge >= 0.3 is 0 Å². The number of aromatic amines is 1. The molecule has 0 unspecified atom stereocenters. The molecule has 1 saturated heterocycles. The molecule has 6 heteroatoms. The van der Waals surface area contributed by atoms with Crippen LogP contribution in [0.15, 0.2) is 46.6 Å². The maximum atomic E-state index is 13.0. The van der Waals surface area contributed by atoms with E-state index in [9.17, 15) is 9.59 Å². The quantitative estimate of drug-likeness (QED) is 0.732. The molecule has 27 heavy (non-hydrogen) atoms. The number of carbonyl (C=O) groups excluding carboxylic acids is 1. The minimum atomic E-state index is -0.150. The van der Waals surface area contributed by atoms with Crippen LogP contribution >= 0.6 is 11.3 Å². The van der Waals surface area contributed by atoms with Gasteiger partial charge < -0.3 is 14.6 Å². The van der Waals surface area contributed by atoms with E-state index in [-0.39, 0.29) is 24.1 Å². The average molecular weight is 382 g/mol. The number of H-pyrrole nitrogens is 1. The molecule has 1 atom stereocenters. The molecule has 0 aliphatic carbocycles. The Labute approximate surface area is 161 Å². The smallest absolute Gasteiger partial charge is 0.264 e. The zero-order valence-corrected chi connectivity index (χ0v) is 16.1. The number of aromatic nitrogens is 1. The Morgan fingerprint density at radius 1 is 1.33 bits per heavy atom. The number of fused-ring (bicyclic) bond motifs is 1. The lowest BCUT2D eigenvalue weighted by Gasteiger charge is -2.25. The number of carbonyl (C=O) groups is 1. The highest BCUT2D eigenvalue weighted by Crippen LogP contribution is 2.20. The van der Waals surface area contributed by atoms with Gasteiger partial charge in [0.15, 0.2) is 0 Å². The van der Waals surface area contributed by atoms with Crippen molar-refractivity contribution in [3.05, 3.63) is 68.1 Å². The van der Waals surface area contributed by atoms with Crippen molar-refractivity contribution in [1.82, 2.24) is 9.88 Å². The van der Waals surface area contributed by atoms with E-state index < -0.39 is 0 Å². The van der Waals surface area contributed by atoms with Gasteiger partial charge in [0.05, 0.1) is 17.5 Å². The maximum absolute atomic E-state index is 13.0. The predicted octanol–water partition coefficient (Wildman–Crippen LogP) is 3.72. The zero-order chi connectivity index (χ0) is 18.8. The molecule has 1 amide bonds. The van der Waals surface area contributed by atoms with E-state index in [4.69, 9.17) is 4.74 Å². The first-order valence-electron chi connectivity index (χ1n) is 9.17. The zero-order valence-electron chi connectivity index (χ0n) is 15.2. The summed E-state index contributed by atoms with van der Waals surface area (Å²) in [5.74, 6) is -0.0516. The third kappa shape index (κ3) is 3.96. The molecule has 0 bridgehead atoms. The molecule has 3 heterocycles. The van der Waals surface area contributed by atoms with Crippen LogP contribution in [0.3, 0.4) is 0 Å². The third-order valence-electron chi connectivity index (χ3n) is 4.91. The fourth-order valence-electron chi connectivity index (χ4n) is 3.50. The Bertz CT molecular complexity index is 1000. The van der Waals surface area contributed by atoms with Gasteiger partial charge in [0.25, 0.3) is 11.5 Å². The lowest BCUT2D eigenvalue weighted by Crippen LogP contribution is -2.38. The molecule has 1 N–H and O–H groups in total. The molecule has 5 nitrogen and oxygen atoms in total. The summed E-state index contributed by atoms with van der Waals surface area (Å²) in [5.41, 5.74) is 2.38. The molecular weight excluding hydrogens is 360 g/mol. The van der Waals surface area contributed by atoms with Crippen LogP contribution in [0.25, 0.3) is 10.9 Å². The number of hydrogen-bond acceptors (Lipinski definition) is 4. The Balaban J connectivity index is 1.65. The number of amides is 1. The lowest BCUT2D eigenvalue weighted by atomic mass is 10.1. The van der Waals surface area contributed by atoms with Crippen molar-refractivity contribution in [2.75, 3.05) is 13.2 Å². The standard InChI is InChI=1S/C21H22N2O3S/c1-14-6-7-18-15(10-14)11-16(20(24)22-18)12-23(13-17-4-2-8-26-17)21(25)19-5-3-9-27-19/h3,5-7,9-11,17H,2,4,8,12-13H2,1H3,(H,22,24)/t17-/m1/s1. The van der Waals surface area contributed by atoms with Crippen LogP contribution in [-0.4, -0.2) is 35.0 Å². The Kier molecular flexibility index (Phi) is 5.09. The van der Waals surface area contributed by atoms with Gasteiger partial charge in [-0.2, -0.15) is 0 Å². The Hall–Kier alpha value is -2.44. The summed E-state index contributed by atoms with van der Waals surface area (Å²) >= 11 is 1.42. The van der Waals surface area contributed by atoms with Crippen LogP contribution in [0, 0.1) is 6.92 Å². The molecule has 1 aliphatic heterocycles. The summed E-state index contributed by atoms with van der Waals surface area (Å²) in [6, 6.07) is 11.5. The Morgan fingerprint density at radius 2 is 2.22 bits per heavy atom. The number of ether oxygens (including phenoxy) is 1. The molecule has 1 aliphatic rings. The Morgan fingerprint density at radius 3 is 2.96 bits per heavy atom. The summed E-state index contributed by atoms with van der Waals surface area (Å²) in [6.45, 7) is 3.54.